The van der Waals surface area contributed by atoms with E-state index in [2.05, 4.69) is 5.32 Å². The summed E-state index contributed by atoms with van der Waals surface area (Å²) in [7, 11) is 0. The molecule has 0 heterocycles. The van der Waals surface area contributed by atoms with Crippen LogP contribution in [0.1, 0.15) is 15.9 Å². The monoisotopic (exact) mass is 487 g/mol. The molecule has 0 atom stereocenters. The van der Waals surface area contributed by atoms with Crippen molar-refractivity contribution >= 4 is 28.9 Å². The van der Waals surface area contributed by atoms with Gasteiger partial charge in [0.05, 0.1) is 0 Å². The molecule has 0 spiro atoms. The number of carboxylic acid groups (broad SMARTS) is 1. The summed E-state index contributed by atoms with van der Waals surface area (Å²) >= 11 is 6.01. The van der Waals surface area contributed by atoms with Crippen LogP contribution in [0.2, 0.25) is 5.02 Å². The van der Waals surface area contributed by atoms with Crippen molar-refractivity contribution in [3.63, 3.8) is 0 Å². The number of aromatic carboxylic acids is 1. The first kappa shape index (κ1) is 21.9. The molecule has 0 aliphatic rings. The second-order valence-electron chi connectivity index (χ2n) is 3.82. The van der Waals surface area contributed by atoms with Crippen LogP contribution >= 0.6 is 11.6 Å². The minimum atomic E-state index is -0.992. The molecule has 2 aromatic rings. The van der Waals surface area contributed by atoms with Gasteiger partial charge in [0.25, 0.3) is 0 Å². The molecule has 118 valence electrons. The van der Waals surface area contributed by atoms with E-state index < -0.39 is 5.97 Å². The zero-order valence-corrected chi connectivity index (χ0v) is 14.2. The smallest absolute Gasteiger partial charge is 0.334 e. The number of rotatable bonds is 3. The molecule has 0 saturated heterocycles. The van der Waals surface area contributed by atoms with Crippen molar-refractivity contribution in [2.45, 2.75) is 6.92 Å². The summed E-state index contributed by atoms with van der Waals surface area (Å²) in [5, 5.41) is 14.1. The third-order valence-corrected chi connectivity index (χ3v) is 3.02. The van der Waals surface area contributed by atoms with Crippen LogP contribution in [0.5, 0.6) is 0 Å². The minimum absolute atomic E-state index is 0. The van der Waals surface area contributed by atoms with Gasteiger partial charge in [0, 0.05) is 31.7 Å². The van der Waals surface area contributed by atoms with Gasteiger partial charge in [0.15, 0.2) is 0 Å². The molecule has 0 radical (unpaired) electrons. The Morgan fingerprint density at radius 1 is 1.05 bits per heavy atom. The molecule has 0 bridgehead atoms. The van der Waals surface area contributed by atoms with Gasteiger partial charge in [-0.2, -0.15) is 0 Å². The van der Waals surface area contributed by atoms with Crippen molar-refractivity contribution in [1.82, 2.24) is 0 Å². The predicted octanol–water partition coefficient (Wildman–Crippen LogP) is 6.12. The molecule has 0 aromatic heterocycles. The van der Waals surface area contributed by atoms with E-state index in [1.807, 2.05) is 6.92 Å². The van der Waals surface area contributed by atoms with E-state index in [1.165, 1.54) is 6.07 Å². The first-order valence-electron chi connectivity index (χ1n) is 5.39. The number of halogens is 1. The van der Waals surface area contributed by atoms with Crippen molar-refractivity contribution < 1.29 is 31.0 Å². The molecular weight excluding hydrogens is 473 g/mol. The van der Waals surface area contributed by atoms with Crippen LogP contribution < -0.4 is 0 Å². The van der Waals surface area contributed by atoms with Gasteiger partial charge in [0.2, 0.25) is 0 Å². The summed E-state index contributed by atoms with van der Waals surface area (Å²) in [5.41, 5.74) is 2.11. The van der Waals surface area contributed by atoms with Crippen LogP contribution in [0.4, 0.5) is 11.4 Å². The van der Waals surface area contributed by atoms with Crippen molar-refractivity contribution in [3.05, 3.63) is 76.2 Å². The number of carboxylic acids is 1. The predicted molar refractivity (Wildman–Crippen MR) is 82.8 cm³/mol. The first-order chi connectivity index (χ1) is 8.59. The van der Waals surface area contributed by atoms with Gasteiger partial charge < -0.3 is 22.7 Å². The summed E-state index contributed by atoms with van der Waals surface area (Å²) in [6.07, 6.45) is 0. The van der Waals surface area contributed by atoms with E-state index in [0.29, 0.717) is 16.4 Å². The number of hydrogen-bond donors (Lipinski definition) is 1. The number of para-hydroxylation sites is 1. The fourth-order valence-electron chi connectivity index (χ4n) is 1.60. The van der Waals surface area contributed by atoms with Gasteiger partial charge in [-0.15, -0.1) is 11.4 Å². The van der Waals surface area contributed by atoms with E-state index in [1.54, 1.807) is 36.4 Å². The molecule has 0 aliphatic carbocycles. The normalized spacial score (nSPS) is 8.67. The molecule has 7 heteroatoms. The summed E-state index contributed by atoms with van der Waals surface area (Å²) in [6, 6.07) is 12.0. The Morgan fingerprint density at radius 2 is 1.62 bits per heavy atom. The second kappa shape index (κ2) is 9.53. The summed E-state index contributed by atoms with van der Waals surface area (Å²) in [4.78, 5) is 11.1. The van der Waals surface area contributed by atoms with Crippen molar-refractivity contribution in [2.24, 2.45) is 0 Å². The topological polar surface area (TPSA) is 118 Å². The van der Waals surface area contributed by atoms with Crippen LogP contribution in [-0.4, -0.2) is 11.1 Å². The Kier molecular flexibility index (Phi) is 9.94. The van der Waals surface area contributed by atoms with Crippen molar-refractivity contribution in [3.8, 4) is 0 Å². The Bertz CT molecular complexity index is 609. The van der Waals surface area contributed by atoms with Crippen LogP contribution in [0.15, 0.2) is 42.5 Å². The van der Waals surface area contributed by atoms with E-state index >= 15 is 0 Å². The Hall–Kier alpha value is -1.39. The molecule has 5 nitrogen and oxygen atoms in total. The van der Waals surface area contributed by atoms with E-state index in [9.17, 15) is 4.79 Å². The van der Waals surface area contributed by atoms with E-state index in [-0.39, 0.29) is 38.9 Å². The summed E-state index contributed by atoms with van der Waals surface area (Å²) in [6.45, 7) is 1.85. The molecule has 2 aromatic carbocycles. The van der Waals surface area contributed by atoms with Gasteiger partial charge in [-0.05, 0) is 24.6 Å². The zero-order chi connectivity index (χ0) is 13.1. The quantitative estimate of drug-likeness (QED) is 0.561. The number of carbonyl (C=O) groups is 1. The number of benzene rings is 2. The van der Waals surface area contributed by atoms with Crippen LogP contribution in [-0.2, 0) is 21.1 Å². The molecule has 0 unspecified atom stereocenters. The third-order valence-electron chi connectivity index (χ3n) is 2.61. The van der Waals surface area contributed by atoms with Gasteiger partial charge in [-0.1, -0.05) is 41.9 Å². The van der Waals surface area contributed by atoms with E-state index in [4.69, 9.17) is 16.7 Å². The molecule has 5 N–H and O–H groups in total. The maximum atomic E-state index is 11.1. The average Bonchev–Trinajstić information content (AvgIpc) is 2.35. The molecule has 21 heavy (non-hydrogen) atoms. The fraction of sp³-hybridized carbons (Fsp3) is 0.0714. The van der Waals surface area contributed by atoms with Crippen LogP contribution in [0, 0.1) is 6.92 Å². The van der Waals surface area contributed by atoms with Gasteiger partial charge in [-0.3, -0.25) is 0 Å². The molecular formula is C14H15ClN3O2Pt-3. The fourth-order valence-corrected chi connectivity index (χ4v) is 1.77. The maximum Gasteiger partial charge on any atom is 0.334 e. The van der Waals surface area contributed by atoms with Gasteiger partial charge in [-0.25, -0.2) is 4.79 Å². The zero-order valence-electron chi connectivity index (χ0n) is 11.2. The largest absolute Gasteiger partial charge is 0.693 e. The SMILES string of the molecule is Cc1c(Cl)cccc1[N-]c1ccccc1C(=O)O.[NH2-].[NH2-].[Pt]. The molecule has 0 aliphatic heterocycles. The first-order valence-corrected chi connectivity index (χ1v) is 5.76. The van der Waals surface area contributed by atoms with Gasteiger partial charge >= 0.3 is 5.97 Å². The van der Waals surface area contributed by atoms with Gasteiger partial charge in [0.1, 0.15) is 0 Å². The molecule has 0 fully saturated rings. The molecule has 0 saturated carbocycles. The minimum Gasteiger partial charge on any atom is -0.693 e. The van der Waals surface area contributed by atoms with Crippen molar-refractivity contribution in [1.29, 1.82) is 0 Å². The maximum absolute atomic E-state index is 11.1. The molecule has 0 amide bonds. The van der Waals surface area contributed by atoms with E-state index in [0.717, 1.165) is 5.56 Å². The number of hydrogen-bond acceptors (Lipinski definition) is 1. The second-order valence-corrected chi connectivity index (χ2v) is 4.23. The van der Waals surface area contributed by atoms with Crippen LogP contribution in [0.25, 0.3) is 17.6 Å². The number of nitrogens with two attached hydrogens (primary N) is 2. The third kappa shape index (κ3) is 5.14. The Balaban J connectivity index is 0. The Labute approximate surface area is 143 Å². The average molecular weight is 488 g/mol. The number of nitrogens with zero attached hydrogens (tertiary/aromatic N) is 1. The summed E-state index contributed by atoms with van der Waals surface area (Å²) < 4.78 is 0. The summed E-state index contributed by atoms with van der Waals surface area (Å²) in [5.74, 6) is -0.992. The Morgan fingerprint density at radius 3 is 2.24 bits per heavy atom. The van der Waals surface area contributed by atoms with Crippen LogP contribution in [0.3, 0.4) is 0 Å². The van der Waals surface area contributed by atoms with Crippen molar-refractivity contribution in [2.75, 3.05) is 0 Å². The standard InChI is InChI=1S/C14H11ClNO2.2H2N.Pt/c1-9-11(15)6-4-8-12(9)16-13-7-3-2-5-10(13)14(17)18;;;/h2-8H,1H3,(H,17,18);2*1H2;/q3*-1;. The molecule has 2 rings (SSSR count).